The Kier molecular flexibility index (Phi) is 5.63. The summed E-state index contributed by atoms with van der Waals surface area (Å²) in [5, 5.41) is 0. The number of sulfonamides is 1. The SMILES string of the molecule is Cc1ccc(S(=O)(=O)N2CCC[C@H]2C(=O)OCc2cc(=O)n3c(C)cccc3n2)cc1. The fraction of sp³-hybridized carbons (Fsp3) is 0.318. The molecule has 0 saturated carbocycles. The Morgan fingerprint density at radius 3 is 2.65 bits per heavy atom. The number of hydrogen-bond acceptors (Lipinski definition) is 6. The van der Waals surface area contributed by atoms with Crippen molar-refractivity contribution in [3.05, 3.63) is 75.8 Å². The van der Waals surface area contributed by atoms with E-state index < -0.39 is 22.0 Å². The van der Waals surface area contributed by atoms with Crippen LogP contribution < -0.4 is 5.56 Å². The lowest BCUT2D eigenvalue weighted by Gasteiger charge is -2.22. The minimum atomic E-state index is -3.81. The standard InChI is InChI=1S/C22H23N3O5S/c1-15-8-10-18(11-9-15)31(28,29)24-12-4-6-19(24)22(27)30-14-17-13-21(26)25-16(2)5-3-7-20(25)23-17/h3,5,7-11,13,19H,4,6,12,14H2,1-2H3/t19-/m0/s1. The largest absolute Gasteiger partial charge is 0.458 e. The van der Waals surface area contributed by atoms with Gasteiger partial charge in [0.1, 0.15) is 18.3 Å². The van der Waals surface area contributed by atoms with Gasteiger partial charge in [0.15, 0.2) is 0 Å². The first-order valence-electron chi connectivity index (χ1n) is 10.0. The molecule has 1 aromatic carbocycles. The van der Waals surface area contributed by atoms with E-state index in [1.54, 1.807) is 49.4 Å². The second-order valence-corrected chi connectivity index (χ2v) is 9.53. The van der Waals surface area contributed by atoms with E-state index in [4.69, 9.17) is 4.74 Å². The van der Waals surface area contributed by atoms with E-state index in [0.29, 0.717) is 24.2 Å². The summed E-state index contributed by atoms with van der Waals surface area (Å²) in [6.45, 7) is 3.73. The summed E-state index contributed by atoms with van der Waals surface area (Å²) in [4.78, 5) is 29.6. The minimum Gasteiger partial charge on any atom is -0.458 e. The van der Waals surface area contributed by atoms with Crippen molar-refractivity contribution in [2.75, 3.05) is 6.54 Å². The predicted molar refractivity (Wildman–Crippen MR) is 114 cm³/mol. The number of esters is 1. The fourth-order valence-corrected chi connectivity index (χ4v) is 5.43. The van der Waals surface area contributed by atoms with Crippen LogP contribution in [0.2, 0.25) is 0 Å². The Morgan fingerprint density at radius 2 is 1.90 bits per heavy atom. The molecule has 4 rings (SSSR count). The van der Waals surface area contributed by atoms with Crippen LogP contribution in [0.1, 0.15) is 29.8 Å². The van der Waals surface area contributed by atoms with Crippen LogP contribution in [0.25, 0.3) is 5.65 Å². The zero-order valence-corrected chi connectivity index (χ0v) is 18.1. The molecule has 31 heavy (non-hydrogen) atoms. The lowest BCUT2D eigenvalue weighted by Crippen LogP contribution is -2.41. The van der Waals surface area contributed by atoms with Gasteiger partial charge in [0.25, 0.3) is 5.56 Å². The number of benzene rings is 1. The molecule has 0 N–H and O–H groups in total. The molecule has 3 aromatic rings. The Morgan fingerprint density at radius 1 is 1.16 bits per heavy atom. The molecule has 3 heterocycles. The Balaban J connectivity index is 1.51. The van der Waals surface area contributed by atoms with Crippen LogP contribution >= 0.6 is 0 Å². The molecule has 1 aliphatic heterocycles. The van der Waals surface area contributed by atoms with Crippen molar-refractivity contribution in [3.8, 4) is 0 Å². The Bertz CT molecular complexity index is 1300. The van der Waals surface area contributed by atoms with Gasteiger partial charge in [0.2, 0.25) is 10.0 Å². The number of ether oxygens (including phenoxy) is 1. The lowest BCUT2D eigenvalue weighted by molar-refractivity contribution is -0.148. The third-order valence-electron chi connectivity index (χ3n) is 5.40. The highest BCUT2D eigenvalue weighted by atomic mass is 32.2. The van der Waals surface area contributed by atoms with Crippen molar-refractivity contribution < 1.29 is 17.9 Å². The number of rotatable bonds is 5. The van der Waals surface area contributed by atoms with Crippen molar-refractivity contribution in [3.63, 3.8) is 0 Å². The van der Waals surface area contributed by atoms with E-state index in [-0.39, 0.29) is 23.6 Å². The van der Waals surface area contributed by atoms with Crippen LogP contribution in [-0.2, 0) is 26.2 Å². The number of carbonyl (C=O) groups is 1. The first-order chi connectivity index (χ1) is 14.8. The van der Waals surface area contributed by atoms with Crippen molar-refractivity contribution >= 4 is 21.6 Å². The van der Waals surface area contributed by atoms with E-state index in [0.717, 1.165) is 11.3 Å². The van der Waals surface area contributed by atoms with Crippen LogP contribution in [0.3, 0.4) is 0 Å². The van der Waals surface area contributed by atoms with Crippen LogP contribution in [0.15, 0.2) is 58.2 Å². The summed E-state index contributed by atoms with van der Waals surface area (Å²) in [5.74, 6) is -0.639. The average Bonchev–Trinajstić information content (AvgIpc) is 3.23. The molecule has 0 unspecified atom stereocenters. The lowest BCUT2D eigenvalue weighted by atomic mass is 10.2. The molecular formula is C22H23N3O5S. The van der Waals surface area contributed by atoms with Crippen LogP contribution in [0, 0.1) is 13.8 Å². The van der Waals surface area contributed by atoms with Crippen molar-refractivity contribution in [1.82, 2.24) is 13.7 Å². The molecule has 1 saturated heterocycles. The van der Waals surface area contributed by atoms with E-state index >= 15 is 0 Å². The zero-order chi connectivity index (χ0) is 22.2. The minimum absolute atomic E-state index is 0.150. The van der Waals surface area contributed by atoms with Gasteiger partial charge in [-0.25, -0.2) is 13.4 Å². The second-order valence-electron chi connectivity index (χ2n) is 7.64. The number of aromatic nitrogens is 2. The molecule has 8 nitrogen and oxygen atoms in total. The molecule has 1 atom stereocenters. The molecule has 1 fully saturated rings. The van der Waals surface area contributed by atoms with Gasteiger partial charge < -0.3 is 4.74 Å². The predicted octanol–water partition coefficient (Wildman–Crippen LogP) is 2.21. The quantitative estimate of drug-likeness (QED) is 0.563. The molecule has 162 valence electrons. The number of pyridine rings is 1. The monoisotopic (exact) mass is 441 g/mol. The molecule has 0 bridgehead atoms. The second kappa shape index (κ2) is 8.24. The maximum Gasteiger partial charge on any atom is 0.324 e. The fourth-order valence-electron chi connectivity index (χ4n) is 3.79. The van der Waals surface area contributed by atoms with Gasteiger partial charge in [-0.2, -0.15) is 4.31 Å². The van der Waals surface area contributed by atoms with Crippen molar-refractivity contribution in [1.29, 1.82) is 0 Å². The number of carbonyl (C=O) groups excluding carboxylic acids is 1. The van der Waals surface area contributed by atoms with Gasteiger partial charge >= 0.3 is 5.97 Å². The highest BCUT2D eigenvalue weighted by Crippen LogP contribution is 2.27. The normalized spacial score (nSPS) is 17.2. The first-order valence-corrected chi connectivity index (χ1v) is 11.4. The van der Waals surface area contributed by atoms with Gasteiger partial charge in [-0.1, -0.05) is 23.8 Å². The van der Waals surface area contributed by atoms with Crippen molar-refractivity contribution in [2.45, 2.75) is 44.2 Å². The van der Waals surface area contributed by atoms with Gasteiger partial charge in [-0.3, -0.25) is 14.0 Å². The maximum atomic E-state index is 13.0. The topological polar surface area (TPSA) is 98.0 Å². The summed E-state index contributed by atoms with van der Waals surface area (Å²) >= 11 is 0. The average molecular weight is 442 g/mol. The van der Waals surface area contributed by atoms with E-state index in [1.165, 1.54) is 14.8 Å². The van der Waals surface area contributed by atoms with Gasteiger partial charge in [-0.15, -0.1) is 0 Å². The molecule has 2 aromatic heterocycles. The smallest absolute Gasteiger partial charge is 0.324 e. The number of aryl methyl sites for hydroxylation is 2. The first kappa shape index (κ1) is 21.2. The number of nitrogens with zero attached hydrogens (tertiary/aromatic N) is 3. The van der Waals surface area contributed by atoms with Gasteiger partial charge in [-0.05, 0) is 51.0 Å². The van der Waals surface area contributed by atoms with Crippen molar-refractivity contribution in [2.24, 2.45) is 0 Å². The number of hydrogen-bond donors (Lipinski definition) is 0. The summed E-state index contributed by atoms with van der Waals surface area (Å²) in [6.07, 6.45) is 0.955. The summed E-state index contributed by atoms with van der Waals surface area (Å²) in [7, 11) is -3.81. The summed E-state index contributed by atoms with van der Waals surface area (Å²) in [5.41, 5.74) is 2.21. The molecule has 0 aliphatic carbocycles. The number of fused-ring (bicyclic) bond motifs is 1. The summed E-state index contributed by atoms with van der Waals surface area (Å²) < 4.78 is 34.1. The van der Waals surface area contributed by atoms with Gasteiger partial charge in [0.05, 0.1) is 10.6 Å². The van der Waals surface area contributed by atoms with Crippen LogP contribution in [0.4, 0.5) is 0 Å². The highest BCUT2D eigenvalue weighted by molar-refractivity contribution is 7.89. The maximum absolute atomic E-state index is 13.0. The van der Waals surface area contributed by atoms with Crippen LogP contribution in [0.5, 0.6) is 0 Å². The molecular weight excluding hydrogens is 418 g/mol. The van der Waals surface area contributed by atoms with Crippen LogP contribution in [-0.4, -0.2) is 40.7 Å². The Labute approximate surface area is 180 Å². The van der Waals surface area contributed by atoms with E-state index in [9.17, 15) is 18.0 Å². The van der Waals surface area contributed by atoms with Gasteiger partial charge in [0, 0.05) is 18.3 Å². The summed E-state index contributed by atoms with van der Waals surface area (Å²) in [6, 6.07) is 12.3. The highest BCUT2D eigenvalue weighted by Gasteiger charge is 2.40. The van der Waals surface area contributed by atoms with E-state index in [2.05, 4.69) is 4.98 Å². The molecule has 9 heteroatoms. The van der Waals surface area contributed by atoms with E-state index in [1.807, 2.05) is 6.92 Å². The Hall–Kier alpha value is -3.04. The molecule has 0 amide bonds. The zero-order valence-electron chi connectivity index (χ0n) is 17.3. The third-order valence-corrected chi connectivity index (χ3v) is 7.32. The molecule has 1 aliphatic rings. The third kappa shape index (κ3) is 4.11. The molecule has 0 spiro atoms. The molecule has 0 radical (unpaired) electrons.